The van der Waals surface area contributed by atoms with E-state index in [1.807, 2.05) is 24.3 Å². The Hall–Kier alpha value is -1.55. The van der Waals surface area contributed by atoms with E-state index in [1.165, 1.54) is 17.8 Å². The quantitative estimate of drug-likeness (QED) is 0.894. The summed E-state index contributed by atoms with van der Waals surface area (Å²) in [7, 11) is 0. The first-order valence-electron chi connectivity index (χ1n) is 6.77. The number of hydrogen-bond acceptors (Lipinski definition) is 4. The van der Waals surface area contributed by atoms with E-state index in [-0.39, 0.29) is 0 Å². The highest BCUT2D eigenvalue weighted by molar-refractivity contribution is 7.16. The normalized spacial score (nSPS) is 14.6. The fourth-order valence-electron chi connectivity index (χ4n) is 1.99. The van der Waals surface area contributed by atoms with Crippen LogP contribution in [0.4, 0.5) is 5.00 Å². The molecule has 0 amide bonds. The summed E-state index contributed by atoms with van der Waals surface area (Å²) in [5.41, 5.74) is 8.08. The number of benzene rings is 1. The molecule has 4 heteroatoms. The van der Waals surface area contributed by atoms with Gasteiger partial charge in [-0.1, -0.05) is 6.92 Å². The number of anilines is 1. The number of nitrogens with two attached hydrogens (primary N) is 1. The Balaban J connectivity index is 1.81. The molecule has 3 rings (SSSR count). The van der Waals surface area contributed by atoms with Gasteiger partial charge in [0.15, 0.2) is 0 Å². The first-order chi connectivity index (χ1) is 9.28. The van der Waals surface area contributed by atoms with E-state index in [9.17, 15) is 0 Å². The van der Waals surface area contributed by atoms with Crippen molar-refractivity contribution in [3.8, 4) is 17.0 Å². The van der Waals surface area contributed by atoms with Crippen LogP contribution in [0, 0.1) is 0 Å². The molecule has 0 bridgehead atoms. The van der Waals surface area contributed by atoms with Crippen molar-refractivity contribution < 1.29 is 4.74 Å². The van der Waals surface area contributed by atoms with Gasteiger partial charge >= 0.3 is 0 Å². The molecule has 1 aromatic heterocycles. The summed E-state index contributed by atoms with van der Waals surface area (Å²) >= 11 is 1.63. The number of rotatable bonds is 5. The summed E-state index contributed by atoms with van der Waals surface area (Å²) < 4.78 is 5.58. The lowest BCUT2D eigenvalue weighted by Gasteiger charge is -2.05. The zero-order valence-corrected chi connectivity index (χ0v) is 11.9. The molecular weight excluding hydrogens is 256 g/mol. The maximum Gasteiger partial charge on any atom is 0.119 e. The van der Waals surface area contributed by atoms with E-state index in [0.29, 0.717) is 5.92 Å². The van der Waals surface area contributed by atoms with Crippen LogP contribution in [0.2, 0.25) is 0 Å². The predicted molar refractivity (Wildman–Crippen MR) is 79.7 cm³/mol. The van der Waals surface area contributed by atoms with E-state index in [0.717, 1.165) is 35.0 Å². The second-order valence-corrected chi connectivity index (χ2v) is 5.97. The number of aromatic nitrogens is 1. The zero-order chi connectivity index (χ0) is 13.2. The molecule has 1 aliphatic carbocycles. The molecule has 100 valence electrons. The van der Waals surface area contributed by atoms with Gasteiger partial charge in [0.1, 0.15) is 16.4 Å². The number of hydrogen-bond donors (Lipinski definition) is 1. The molecule has 0 saturated heterocycles. The van der Waals surface area contributed by atoms with Gasteiger partial charge in [-0.3, -0.25) is 0 Å². The molecule has 0 unspecified atom stereocenters. The van der Waals surface area contributed by atoms with Gasteiger partial charge in [-0.05, 0) is 43.5 Å². The Bertz CT molecular complexity index is 558. The minimum Gasteiger partial charge on any atom is -0.494 e. The minimum absolute atomic E-state index is 0.660. The highest BCUT2D eigenvalue weighted by Gasteiger charge is 2.28. The van der Waals surface area contributed by atoms with Crippen LogP contribution in [0.1, 0.15) is 37.1 Å². The zero-order valence-electron chi connectivity index (χ0n) is 11.1. The summed E-state index contributed by atoms with van der Waals surface area (Å²) in [6.45, 7) is 2.85. The van der Waals surface area contributed by atoms with Crippen molar-refractivity contribution in [1.82, 2.24) is 4.98 Å². The molecule has 1 aromatic carbocycles. The summed E-state index contributed by atoms with van der Waals surface area (Å²) in [5, 5.41) is 2.02. The van der Waals surface area contributed by atoms with Gasteiger partial charge in [-0.15, -0.1) is 11.3 Å². The Kier molecular flexibility index (Phi) is 3.42. The van der Waals surface area contributed by atoms with E-state index >= 15 is 0 Å². The van der Waals surface area contributed by atoms with E-state index in [1.54, 1.807) is 11.3 Å². The average molecular weight is 274 g/mol. The van der Waals surface area contributed by atoms with Gasteiger partial charge in [0, 0.05) is 11.5 Å². The van der Waals surface area contributed by atoms with Crippen LogP contribution >= 0.6 is 11.3 Å². The SMILES string of the molecule is CCCOc1ccc(-c2nc(C3CC3)sc2N)cc1. The van der Waals surface area contributed by atoms with Crippen molar-refractivity contribution in [1.29, 1.82) is 0 Å². The number of ether oxygens (including phenoxy) is 1. The lowest BCUT2D eigenvalue weighted by molar-refractivity contribution is 0.317. The van der Waals surface area contributed by atoms with Gasteiger partial charge in [-0.25, -0.2) is 4.98 Å². The third-order valence-corrected chi connectivity index (χ3v) is 4.24. The molecule has 19 heavy (non-hydrogen) atoms. The third kappa shape index (κ3) is 2.73. The molecule has 2 N–H and O–H groups in total. The lowest BCUT2D eigenvalue weighted by Crippen LogP contribution is -1.94. The molecule has 0 aliphatic heterocycles. The smallest absolute Gasteiger partial charge is 0.119 e. The summed E-state index contributed by atoms with van der Waals surface area (Å²) in [6, 6.07) is 8.04. The van der Waals surface area contributed by atoms with Gasteiger partial charge in [0.05, 0.1) is 11.6 Å². The van der Waals surface area contributed by atoms with E-state index < -0.39 is 0 Å². The largest absolute Gasteiger partial charge is 0.494 e. The molecule has 0 spiro atoms. The van der Waals surface area contributed by atoms with Crippen LogP contribution < -0.4 is 10.5 Å². The fraction of sp³-hybridized carbons (Fsp3) is 0.400. The first kappa shape index (κ1) is 12.5. The van der Waals surface area contributed by atoms with Crippen molar-refractivity contribution in [2.45, 2.75) is 32.1 Å². The summed E-state index contributed by atoms with van der Waals surface area (Å²) in [5.74, 6) is 1.56. The summed E-state index contributed by atoms with van der Waals surface area (Å²) in [6.07, 6.45) is 3.54. The van der Waals surface area contributed by atoms with E-state index in [2.05, 4.69) is 11.9 Å². The number of nitrogens with zero attached hydrogens (tertiary/aromatic N) is 1. The molecule has 0 atom stereocenters. The maximum absolute atomic E-state index is 6.08. The Morgan fingerprint density at radius 1 is 1.32 bits per heavy atom. The molecule has 1 heterocycles. The van der Waals surface area contributed by atoms with Gasteiger partial charge in [0.25, 0.3) is 0 Å². The minimum atomic E-state index is 0.660. The average Bonchev–Trinajstić information content (AvgIpc) is 3.21. The van der Waals surface area contributed by atoms with Crippen LogP contribution in [-0.2, 0) is 0 Å². The van der Waals surface area contributed by atoms with Gasteiger partial charge in [0.2, 0.25) is 0 Å². The van der Waals surface area contributed by atoms with Crippen molar-refractivity contribution in [2.75, 3.05) is 12.3 Å². The Morgan fingerprint density at radius 2 is 2.05 bits per heavy atom. The second kappa shape index (κ2) is 5.21. The highest BCUT2D eigenvalue weighted by Crippen LogP contribution is 2.45. The van der Waals surface area contributed by atoms with Crippen LogP contribution in [0.5, 0.6) is 5.75 Å². The topological polar surface area (TPSA) is 48.1 Å². The standard InChI is InChI=1S/C15H18N2OS/c1-2-9-18-12-7-5-10(6-8-12)13-14(16)19-15(17-13)11-3-4-11/h5-8,11H,2-4,9,16H2,1H3. The molecule has 1 aliphatic rings. The van der Waals surface area contributed by atoms with Gasteiger partial charge < -0.3 is 10.5 Å². The van der Waals surface area contributed by atoms with Crippen molar-refractivity contribution in [3.05, 3.63) is 29.3 Å². The Morgan fingerprint density at radius 3 is 2.68 bits per heavy atom. The predicted octanol–water partition coefficient (Wildman–Crippen LogP) is 4.06. The molecule has 1 saturated carbocycles. The summed E-state index contributed by atoms with van der Waals surface area (Å²) in [4.78, 5) is 4.69. The molecule has 2 aromatic rings. The molecule has 0 radical (unpaired) electrons. The van der Waals surface area contributed by atoms with Crippen LogP contribution in [0.3, 0.4) is 0 Å². The molecular formula is C15H18N2OS. The van der Waals surface area contributed by atoms with Crippen LogP contribution in [0.15, 0.2) is 24.3 Å². The van der Waals surface area contributed by atoms with Crippen molar-refractivity contribution in [3.63, 3.8) is 0 Å². The highest BCUT2D eigenvalue weighted by atomic mass is 32.1. The van der Waals surface area contributed by atoms with E-state index in [4.69, 9.17) is 10.5 Å². The number of nitrogen functional groups attached to an aromatic ring is 1. The molecule has 1 fully saturated rings. The second-order valence-electron chi connectivity index (χ2n) is 4.91. The molecule has 3 nitrogen and oxygen atoms in total. The lowest BCUT2D eigenvalue weighted by atomic mass is 10.1. The fourth-order valence-corrected chi connectivity index (χ4v) is 3.01. The first-order valence-corrected chi connectivity index (χ1v) is 7.59. The third-order valence-electron chi connectivity index (χ3n) is 3.20. The number of thiazole rings is 1. The Labute approximate surface area is 117 Å². The van der Waals surface area contributed by atoms with Crippen molar-refractivity contribution in [2.24, 2.45) is 0 Å². The van der Waals surface area contributed by atoms with Crippen molar-refractivity contribution >= 4 is 16.3 Å². The van der Waals surface area contributed by atoms with Crippen LogP contribution in [0.25, 0.3) is 11.3 Å². The maximum atomic E-state index is 6.08. The van der Waals surface area contributed by atoms with Crippen LogP contribution in [-0.4, -0.2) is 11.6 Å². The van der Waals surface area contributed by atoms with Gasteiger partial charge in [-0.2, -0.15) is 0 Å². The monoisotopic (exact) mass is 274 g/mol.